The van der Waals surface area contributed by atoms with Crippen molar-refractivity contribution in [1.82, 2.24) is 15.8 Å². The van der Waals surface area contributed by atoms with Crippen LogP contribution in [0.5, 0.6) is 5.75 Å². The Bertz CT molecular complexity index is 842. The Kier molecular flexibility index (Phi) is 6.33. The number of hydrogen-bond acceptors (Lipinski definition) is 5. The minimum absolute atomic E-state index is 0.149. The summed E-state index contributed by atoms with van der Waals surface area (Å²) in [6.45, 7) is 7.40. The number of hydrazine groups is 1. The molecule has 6 nitrogen and oxygen atoms in total. The number of amides is 2. The normalized spacial score (nSPS) is 11.7. The summed E-state index contributed by atoms with van der Waals surface area (Å²) >= 11 is 6.39. The molecule has 3 N–H and O–H groups in total. The van der Waals surface area contributed by atoms with Gasteiger partial charge in [-0.2, -0.15) is 0 Å². The third-order valence-corrected chi connectivity index (χ3v) is 5.13. The Balaban J connectivity index is 1.86. The summed E-state index contributed by atoms with van der Waals surface area (Å²) in [6.07, 6.45) is -0.590. The van der Waals surface area contributed by atoms with E-state index in [0.717, 1.165) is 21.7 Å². The molecule has 1 aromatic carbocycles. The van der Waals surface area contributed by atoms with E-state index < -0.39 is 12.0 Å². The van der Waals surface area contributed by atoms with Gasteiger partial charge in [-0.25, -0.2) is 0 Å². The molecular weight excluding hydrogens is 358 g/mol. The number of carbonyl (C=O) groups is 2. The van der Waals surface area contributed by atoms with E-state index in [2.05, 4.69) is 15.8 Å². The summed E-state index contributed by atoms with van der Waals surface area (Å²) in [7, 11) is 0. The van der Waals surface area contributed by atoms with E-state index in [0.29, 0.717) is 9.70 Å². The molecule has 134 valence electrons. The molecule has 0 radical (unpaired) electrons. The lowest BCUT2D eigenvalue weighted by molar-refractivity contribution is -0.132. The lowest BCUT2D eigenvalue weighted by atomic mass is 10.1. The zero-order valence-electron chi connectivity index (χ0n) is 14.6. The minimum atomic E-state index is -0.739. The molecule has 2 aromatic rings. The fourth-order valence-corrected chi connectivity index (χ4v) is 3.41. The number of rotatable bonds is 5. The van der Waals surface area contributed by atoms with Crippen LogP contribution in [0.15, 0.2) is 18.2 Å². The van der Waals surface area contributed by atoms with Crippen molar-refractivity contribution in [2.24, 2.45) is 0 Å². The first-order chi connectivity index (χ1) is 11.8. The minimum Gasteiger partial charge on any atom is -0.481 e. The van der Waals surface area contributed by atoms with Crippen molar-refractivity contribution in [3.05, 3.63) is 43.9 Å². The molecule has 0 spiro atoms. The van der Waals surface area contributed by atoms with Gasteiger partial charge in [-0.3, -0.25) is 20.4 Å². The second-order valence-corrected chi connectivity index (χ2v) is 7.51. The standard InChI is InChI=1S/C17H21N3O3S2/c1-9-6-5-7-13(10(9)2)23-12(4)16(22)20-19-15(21)8-14-11(3)18-17(24)25-14/h5-7,12H,8H2,1-4H3,(H,18,24)(H,19,21)(H,20,22)/t12-/m0/s1. The predicted molar refractivity (Wildman–Crippen MR) is 100 cm³/mol. The SMILES string of the molecule is Cc1cccc(O[C@@H](C)C(=O)NNC(=O)Cc2sc(=S)[nH]c2C)c1C. The van der Waals surface area contributed by atoms with Gasteiger partial charge in [0.05, 0.1) is 6.42 Å². The van der Waals surface area contributed by atoms with Gasteiger partial charge in [0.1, 0.15) is 5.75 Å². The average Bonchev–Trinajstić information content (AvgIpc) is 2.86. The number of aromatic amines is 1. The highest BCUT2D eigenvalue weighted by Crippen LogP contribution is 2.21. The number of H-pyrrole nitrogens is 1. The van der Waals surface area contributed by atoms with Crippen LogP contribution in [0.25, 0.3) is 0 Å². The molecule has 0 saturated carbocycles. The van der Waals surface area contributed by atoms with E-state index in [1.807, 2.05) is 39.0 Å². The molecule has 1 heterocycles. The third-order valence-electron chi connectivity index (χ3n) is 3.80. The van der Waals surface area contributed by atoms with Crippen molar-refractivity contribution in [1.29, 1.82) is 0 Å². The molecule has 0 aliphatic rings. The highest BCUT2D eigenvalue weighted by atomic mass is 32.1. The van der Waals surface area contributed by atoms with Crippen LogP contribution in [0.3, 0.4) is 0 Å². The van der Waals surface area contributed by atoms with E-state index in [1.54, 1.807) is 6.92 Å². The van der Waals surface area contributed by atoms with Gasteiger partial charge in [-0.1, -0.05) is 12.1 Å². The van der Waals surface area contributed by atoms with Crippen molar-refractivity contribution in [2.75, 3.05) is 0 Å². The van der Waals surface area contributed by atoms with Crippen molar-refractivity contribution in [3.63, 3.8) is 0 Å². The maximum Gasteiger partial charge on any atom is 0.279 e. The molecule has 1 aromatic heterocycles. The lowest BCUT2D eigenvalue weighted by Crippen LogP contribution is -2.47. The van der Waals surface area contributed by atoms with Crippen molar-refractivity contribution in [3.8, 4) is 5.75 Å². The van der Waals surface area contributed by atoms with Gasteiger partial charge < -0.3 is 9.72 Å². The zero-order chi connectivity index (χ0) is 18.6. The molecule has 0 fully saturated rings. The Hall–Kier alpha value is -2.19. The first-order valence-electron chi connectivity index (χ1n) is 7.78. The summed E-state index contributed by atoms with van der Waals surface area (Å²) in [4.78, 5) is 27.9. The van der Waals surface area contributed by atoms with Gasteiger partial charge in [0.25, 0.3) is 5.91 Å². The van der Waals surface area contributed by atoms with E-state index in [4.69, 9.17) is 17.0 Å². The van der Waals surface area contributed by atoms with Gasteiger partial charge in [0.15, 0.2) is 10.1 Å². The third kappa shape index (κ3) is 5.14. The van der Waals surface area contributed by atoms with Gasteiger partial charge in [-0.05, 0) is 57.1 Å². The molecule has 25 heavy (non-hydrogen) atoms. The van der Waals surface area contributed by atoms with Crippen LogP contribution in [-0.2, 0) is 16.0 Å². The molecule has 0 bridgehead atoms. The molecule has 8 heteroatoms. The van der Waals surface area contributed by atoms with Crippen LogP contribution in [0, 0.1) is 24.7 Å². The van der Waals surface area contributed by atoms with Crippen LogP contribution in [0.2, 0.25) is 0 Å². The quantitative estimate of drug-likeness (QED) is 0.551. The number of aryl methyl sites for hydroxylation is 2. The fraction of sp³-hybridized carbons (Fsp3) is 0.353. The lowest BCUT2D eigenvalue weighted by Gasteiger charge is -2.17. The molecule has 0 saturated heterocycles. The van der Waals surface area contributed by atoms with E-state index in [9.17, 15) is 9.59 Å². The van der Waals surface area contributed by atoms with Gasteiger partial charge in [-0.15, -0.1) is 11.3 Å². The van der Waals surface area contributed by atoms with Crippen LogP contribution in [0.4, 0.5) is 0 Å². The predicted octanol–water partition coefficient (Wildman–Crippen LogP) is 2.89. The number of carbonyl (C=O) groups excluding carboxylic acids is 2. The topological polar surface area (TPSA) is 83.2 Å². The van der Waals surface area contributed by atoms with E-state index in [1.165, 1.54) is 11.3 Å². The molecule has 0 unspecified atom stereocenters. The summed E-state index contributed by atoms with van der Waals surface area (Å²) in [5.74, 6) is -0.0926. The number of hydrogen-bond donors (Lipinski definition) is 3. The molecular formula is C17H21N3O3S2. The smallest absolute Gasteiger partial charge is 0.279 e. The Morgan fingerprint density at radius 1 is 1.28 bits per heavy atom. The first-order valence-corrected chi connectivity index (χ1v) is 9.00. The highest BCUT2D eigenvalue weighted by molar-refractivity contribution is 7.73. The summed E-state index contributed by atoms with van der Waals surface area (Å²) in [6, 6.07) is 5.66. The maximum absolute atomic E-state index is 12.1. The van der Waals surface area contributed by atoms with E-state index in [-0.39, 0.29) is 12.3 Å². The van der Waals surface area contributed by atoms with E-state index >= 15 is 0 Å². The number of nitrogens with one attached hydrogen (secondary N) is 3. The van der Waals surface area contributed by atoms with Crippen molar-refractivity contribution in [2.45, 2.75) is 40.2 Å². The molecule has 2 rings (SSSR count). The van der Waals surface area contributed by atoms with Gasteiger partial charge in [0, 0.05) is 10.6 Å². The first kappa shape index (κ1) is 19.1. The van der Waals surface area contributed by atoms with Crippen molar-refractivity contribution < 1.29 is 14.3 Å². The zero-order valence-corrected chi connectivity index (χ0v) is 16.2. The summed E-state index contributed by atoms with van der Waals surface area (Å²) in [5, 5.41) is 0. The fourth-order valence-electron chi connectivity index (χ4n) is 2.12. The number of benzene rings is 1. The average molecular weight is 380 g/mol. The largest absolute Gasteiger partial charge is 0.481 e. The number of ether oxygens (including phenoxy) is 1. The maximum atomic E-state index is 12.1. The monoisotopic (exact) mass is 379 g/mol. The van der Waals surface area contributed by atoms with Crippen LogP contribution in [0.1, 0.15) is 28.6 Å². The van der Waals surface area contributed by atoms with Crippen LogP contribution < -0.4 is 15.6 Å². The van der Waals surface area contributed by atoms with Crippen LogP contribution >= 0.6 is 23.6 Å². The summed E-state index contributed by atoms with van der Waals surface area (Å²) in [5.41, 5.74) is 7.72. The molecule has 2 amide bonds. The number of thiazole rings is 1. The number of aromatic nitrogens is 1. The van der Waals surface area contributed by atoms with Crippen molar-refractivity contribution >= 4 is 35.4 Å². The second kappa shape index (κ2) is 8.26. The van der Waals surface area contributed by atoms with Gasteiger partial charge in [0.2, 0.25) is 5.91 Å². The molecule has 1 atom stereocenters. The van der Waals surface area contributed by atoms with Crippen LogP contribution in [-0.4, -0.2) is 22.9 Å². The highest BCUT2D eigenvalue weighted by Gasteiger charge is 2.17. The Labute approximate surface area is 155 Å². The summed E-state index contributed by atoms with van der Waals surface area (Å²) < 4.78 is 6.31. The second-order valence-electron chi connectivity index (χ2n) is 5.74. The van der Waals surface area contributed by atoms with Gasteiger partial charge >= 0.3 is 0 Å². The Morgan fingerprint density at radius 2 is 2.00 bits per heavy atom. The molecule has 0 aliphatic carbocycles. The molecule has 0 aliphatic heterocycles. The Morgan fingerprint density at radius 3 is 2.64 bits per heavy atom.